The Morgan fingerprint density at radius 2 is 2.05 bits per heavy atom. The van der Waals surface area contributed by atoms with Gasteiger partial charge in [0.1, 0.15) is 23.5 Å². The lowest BCUT2D eigenvalue weighted by Gasteiger charge is -2.07. The fourth-order valence-electron chi connectivity index (χ4n) is 2.84. The second-order valence-electron chi connectivity index (χ2n) is 5.60. The van der Waals surface area contributed by atoms with Crippen LogP contribution in [0.2, 0.25) is 0 Å². The lowest BCUT2D eigenvalue weighted by atomic mass is 10.1. The van der Waals surface area contributed by atoms with Crippen molar-refractivity contribution in [3.05, 3.63) is 30.7 Å². The molecular formula is C16H17N5O. The van der Waals surface area contributed by atoms with E-state index >= 15 is 0 Å². The van der Waals surface area contributed by atoms with Crippen LogP contribution in [0.5, 0.6) is 5.75 Å². The molecule has 0 saturated heterocycles. The highest BCUT2D eigenvalue weighted by Crippen LogP contribution is 2.42. The molecule has 112 valence electrons. The number of nitrogen functional groups attached to an aromatic ring is 2. The van der Waals surface area contributed by atoms with Crippen molar-refractivity contribution in [1.82, 2.24) is 14.5 Å². The minimum atomic E-state index is 0.496. The number of anilines is 2. The van der Waals surface area contributed by atoms with E-state index in [0.717, 1.165) is 22.2 Å². The summed E-state index contributed by atoms with van der Waals surface area (Å²) in [6.45, 7) is 0. The Bertz CT molecular complexity index is 866. The highest BCUT2D eigenvalue weighted by Gasteiger charge is 2.27. The fraction of sp³-hybridized carbons (Fsp3) is 0.250. The van der Waals surface area contributed by atoms with Crippen LogP contribution in [0.15, 0.2) is 30.7 Å². The lowest BCUT2D eigenvalue weighted by molar-refractivity contribution is 0.417. The van der Waals surface area contributed by atoms with Crippen LogP contribution in [-0.4, -0.2) is 21.6 Å². The summed E-state index contributed by atoms with van der Waals surface area (Å²) in [6.07, 6.45) is 5.98. The number of ether oxygens (including phenoxy) is 1. The average molecular weight is 295 g/mol. The predicted molar refractivity (Wildman–Crippen MR) is 86.6 cm³/mol. The molecule has 1 aromatic carbocycles. The maximum Gasteiger partial charge on any atom is 0.146 e. The van der Waals surface area contributed by atoms with Crippen LogP contribution in [0.3, 0.4) is 0 Å². The number of methoxy groups -OCH3 is 1. The van der Waals surface area contributed by atoms with Crippen LogP contribution in [0.4, 0.5) is 11.5 Å². The maximum atomic E-state index is 6.11. The van der Waals surface area contributed by atoms with Gasteiger partial charge >= 0.3 is 0 Å². The van der Waals surface area contributed by atoms with E-state index in [1.807, 2.05) is 18.2 Å². The van der Waals surface area contributed by atoms with Gasteiger partial charge in [0.2, 0.25) is 0 Å². The summed E-state index contributed by atoms with van der Waals surface area (Å²) >= 11 is 0. The van der Waals surface area contributed by atoms with Crippen LogP contribution in [0, 0.1) is 0 Å². The molecule has 0 radical (unpaired) electrons. The molecule has 1 saturated carbocycles. The molecule has 0 bridgehead atoms. The van der Waals surface area contributed by atoms with Gasteiger partial charge in [-0.1, -0.05) is 6.07 Å². The molecule has 0 amide bonds. The van der Waals surface area contributed by atoms with Gasteiger partial charge in [-0.05, 0) is 30.5 Å². The fourth-order valence-corrected chi connectivity index (χ4v) is 2.84. The molecule has 1 fully saturated rings. The molecule has 0 aliphatic heterocycles. The van der Waals surface area contributed by atoms with E-state index < -0.39 is 0 Å². The van der Waals surface area contributed by atoms with Crippen LogP contribution >= 0.6 is 0 Å². The monoisotopic (exact) mass is 295 g/mol. The molecule has 1 aliphatic rings. The van der Waals surface area contributed by atoms with Gasteiger partial charge in [-0.15, -0.1) is 0 Å². The second kappa shape index (κ2) is 4.62. The van der Waals surface area contributed by atoms with Gasteiger partial charge in [0.15, 0.2) is 0 Å². The molecule has 3 aromatic rings. The molecule has 2 aromatic heterocycles. The van der Waals surface area contributed by atoms with Gasteiger partial charge in [-0.25, -0.2) is 9.97 Å². The highest BCUT2D eigenvalue weighted by atomic mass is 16.5. The Labute approximate surface area is 127 Å². The van der Waals surface area contributed by atoms with Gasteiger partial charge in [0.05, 0.1) is 18.2 Å². The third-order valence-electron chi connectivity index (χ3n) is 4.12. The Hall–Kier alpha value is -2.76. The summed E-state index contributed by atoms with van der Waals surface area (Å²) in [5.74, 6) is 1.15. The molecule has 0 unspecified atom stereocenters. The standard InChI is InChI=1S/C16H17N5O/c1-22-13-6-9(2-5-12(13)17)11-7-21(10-3-4-10)16-14(11)15(18)19-8-20-16/h2,5-8,10H,3-4,17H2,1H3,(H2,18,19,20). The second-order valence-corrected chi connectivity index (χ2v) is 5.60. The quantitative estimate of drug-likeness (QED) is 0.725. The summed E-state index contributed by atoms with van der Waals surface area (Å²) in [6, 6.07) is 6.25. The van der Waals surface area contributed by atoms with Gasteiger partial charge < -0.3 is 20.8 Å². The van der Waals surface area contributed by atoms with Gasteiger partial charge in [-0.3, -0.25) is 0 Å². The largest absolute Gasteiger partial charge is 0.495 e. The van der Waals surface area contributed by atoms with Crippen molar-refractivity contribution in [3.8, 4) is 16.9 Å². The van der Waals surface area contributed by atoms with E-state index in [1.165, 1.54) is 19.2 Å². The van der Waals surface area contributed by atoms with Crippen molar-refractivity contribution in [2.45, 2.75) is 18.9 Å². The Balaban J connectivity index is 1.98. The third-order valence-corrected chi connectivity index (χ3v) is 4.12. The molecule has 0 atom stereocenters. The highest BCUT2D eigenvalue weighted by molar-refractivity contribution is 6.01. The molecule has 0 spiro atoms. The molecule has 4 rings (SSSR count). The molecule has 6 nitrogen and oxygen atoms in total. The number of hydrogen-bond acceptors (Lipinski definition) is 5. The first-order valence-corrected chi connectivity index (χ1v) is 7.24. The lowest BCUT2D eigenvalue weighted by Crippen LogP contribution is -1.96. The molecule has 4 N–H and O–H groups in total. The molecular weight excluding hydrogens is 278 g/mol. The first-order valence-electron chi connectivity index (χ1n) is 7.24. The summed E-state index contributed by atoms with van der Waals surface area (Å²) < 4.78 is 7.52. The summed E-state index contributed by atoms with van der Waals surface area (Å²) in [5.41, 5.74) is 15.5. The number of nitrogens with zero attached hydrogens (tertiary/aromatic N) is 3. The summed E-state index contributed by atoms with van der Waals surface area (Å²) in [5, 5.41) is 0.890. The smallest absolute Gasteiger partial charge is 0.146 e. The van der Waals surface area contributed by atoms with Gasteiger partial charge in [0.25, 0.3) is 0 Å². The third kappa shape index (κ3) is 1.88. The molecule has 1 aliphatic carbocycles. The van der Waals surface area contributed by atoms with E-state index in [4.69, 9.17) is 16.2 Å². The zero-order chi connectivity index (χ0) is 15.3. The first-order chi connectivity index (χ1) is 10.7. The van der Waals surface area contributed by atoms with E-state index in [0.29, 0.717) is 23.3 Å². The molecule has 2 heterocycles. The van der Waals surface area contributed by atoms with E-state index in [9.17, 15) is 0 Å². The maximum absolute atomic E-state index is 6.11. The van der Waals surface area contributed by atoms with Crippen molar-refractivity contribution < 1.29 is 4.74 Å². The number of aromatic nitrogens is 3. The minimum absolute atomic E-state index is 0.496. The van der Waals surface area contributed by atoms with Crippen LogP contribution in [0.25, 0.3) is 22.2 Å². The number of rotatable bonds is 3. The van der Waals surface area contributed by atoms with Crippen molar-refractivity contribution in [1.29, 1.82) is 0 Å². The minimum Gasteiger partial charge on any atom is -0.495 e. The number of fused-ring (bicyclic) bond motifs is 1. The SMILES string of the molecule is COc1cc(-c2cn(C3CC3)c3ncnc(N)c23)ccc1N. The molecule has 22 heavy (non-hydrogen) atoms. The number of nitrogens with two attached hydrogens (primary N) is 2. The van der Waals surface area contributed by atoms with Crippen LogP contribution in [-0.2, 0) is 0 Å². The topological polar surface area (TPSA) is 92.0 Å². The number of benzene rings is 1. The predicted octanol–water partition coefficient (Wildman–Crippen LogP) is 2.61. The summed E-state index contributed by atoms with van der Waals surface area (Å²) in [4.78, 5) is 8.57. The van der Waals surface area contributed by atoms with Crippen LogP contribution in [0.1, 0.15) is 18.9 Å². The van der Waals surface area contributed by atoms with Crippen LogP contribution < -0.4 is 16.2 Å². The van der Waals surface area contributed by atoms with E-state index in [1.54, 1.807) is 7.11 Å². The van der Waals surface area contributed by atoms with Crippen molar-refractivity contribution in [2.75, 3.05) is 18.6 Å². The summed E-state index contributed by atoms with van der Waals surface area (Å²) in [7, 11) is 1.61. The zero-order valence-corrected chi connectivity index (χ0v) is 12.3. The van der Waals surface area contributed by atoms with Crippen molar-refractivity contribution in [2.24, 2.45) is 0 Å². The normalized spacial score (nSPS) is 14.4. The van der Waals surface area contributed by atoms with E-state index in [2.05, 4.69) is 20.7 Å². The Kier molecular flexibility index (Phi) is 2.72. The Morgan fingerprint density at radius 1 is 1.23 bits per heavy atom. The Morgan fingerprint density at radius 3 is 2.77 bits per heavy atom. The first kappa shape index (κ1) is 12.9. The van der Waals surface area contributed by atoms with Crippen molar-refractivity contribution in [3.63, 3.8) is 0 Å². The number of hydrogen-bond donors (Lipinski definition) is 2. The van der Waals surface area contributed by atoms with E-state index in [-0.39, 0.29) is 0 Å². The zero-order valence-electron chi connectivity index (χ0n) is 12.3. The van der Waals surface area contributed by atoms with Gasteiger partial charge in [0, 0.05) is 17.8 Å². The average Bonchev–Trinajstić information content (AvgIpc) is 3.29. The van der Waals surface area contributed by atoms with Gasteiger partial charge in [-0.2, -0.15) is 0 Å². The molecule has 6 heteroatoms. The van der Waals surface area contributed by atoms with Crippen molar-refractivity contribution >= 4 is 22.5 Å².